The van der Waals surface area contributed by atoms with Crippen LogP contribution in [0.2, 0.25) is 0 Å². The number of hydrogen-bond donors (Lipinski definition) is 1. The molecule has 0 amide bonds. The lowest BCUT2D eigenvalue weighted by Crippen LogP contribution is -2.46. The molecule has 1 fully saturated rings. The molecule has 4 heteroatoms. The average molecular weight is 270 g/mol. The Morgan fingerprint density at radius 3 is 2.60 bits per heavy atom. The van der Waals surface area contributed by atoms with Gasteiger partial charge in [0.05, 0.1) is 11.2 Å². The molecule has 2 N–H and O–H groups in total. The summed E-state index contributed by atoms with van der Waals surface area (Å²) in [6.45, 7) is 8.27. The van der Waals surface area contributed by atoms with E-state index >= 15 is 0 Å². The summed E-state index contributed by atoms with van der Waals surface area (Å²) in [6, 6.07) is 10.5. The van der Waals surface area contributed by atoms with Gasteiger partial charge in [0, 0.05) is 43.8 Å². The zero-order chi connectivity index (χ0) is 13.9. The van der Waals surface area contributed by atoms with E-state index in [-0.39, 0.29) is 0 Å². The molecule has 3 rings (SSSR count). The predicted molar refractivity (Wildman–Crippen MR) is 84.0 cm³/mol. The van der Waals surface area contributed by atoms with Crippen LogP contribution in [0.1, 0.15) is 12.6 Å². The summed E-state index contributed by atoms with van der Waals surface area (Å²) < 4.78 is 0. The number of aromatic nitrogens is 1. The molecule has 2 aromatic rings. The Hall–Kier alpha value is -1.65. The van der Waals surface area contributed by atoms with Crippen molar-refractivity contribution >= 4 is 16.6 Å². The Labute approximate surface area is 120 Å². The molecular weight excluding hydrogens is 248 g/mol. The molecule has 1 aromatic heterocycles. The van der Waals surface area contributed by atoms with E-state index in [1.54, 1.807) is 0 Å². The van der Waals surface area contributed by atoms with Crippen molar-refractivity contribution in [2.24, 2.45) is 5.73 Å². The first-order valence-corrected chi connectivity index (χ1v) is 7.38. The van der Waals surface area contributed by atoms with E-state index in [1.807, 2.05) is 6.07 Å². The number of benzene rings is 1. The first kappa shape index (κ1) is 13.3. The molecule has 2 heterocycles. The zero-order valence-corrected chi connectivity index (χ0v) is 12.0. The number of rotatable bonds is 3. The largest absolute Gasteiger partial charge is 0.368 e. The summed E-state index contributed by atoms with van der Waals surface area (Å²) in [5, 5.41) is 1.23. The number of hydrogen-bond acceptors (Lipinski definition) is 4. The maximum atomic E-state index is 5.79. The second-order valence-corrected chi connectivity index (χ2v) is 5.28. The van der Waals surface area contributed by atoms with Gasteiger partial charge < -0.3 is 15.5 Å². The summed E-state index contributed by atoms with van der Waals surface area (Å²) >= 11 is 0. The van der Waals surface area contributed by atoms with Crippen molar-refractivity contribution in [3.63, 3.8) is 0 Å². The Morgan fingerprint density at radius 2 is 1.90 bits per heavy atom. The number of nitrogens with zero attached hydrogens (tertiary/aromatic N) is 3. The van der Waals surface area contributed by atoms with Gasteiger partial charge in [0.1, 0.15) is 0 Å². The molecule has 0 saturated carbocycles. The van der Waals surface area contributed by atoms with E-state index in [2.05, 4.69) is 46.0 Å². The highest BCUT2D eigenvalue weighted by atomic mass is 15.3. The van der Waals surface area contributed by atoms with Gasteiger partial charge in [-0.1, -0.05) is 25.1 Å². The molecule has 20 heavy (non-hydrogen) atoms. The minimum Gasteiger partial charge on any atom is -0.368 e. The second-order valence-electron chi connectivity index (χ2n) is 5.28. The molecule has 0 unspecified atom stereocenters. The lowest BCUT2D eigenvalue weighted by atomic mass is 10.1. The molecule has 1 aliphatic rings. The van der Waals surface area contributed by atoms with Crippen molar-refractivity contribution in [2.75, 3.05) is 37.6 Å². The van der Waals surface area contributed by atoms with Crippen LogP contribution in [0.3, 0.4) is 0 Å². The van der Waals surface area contributed by atoms with Crippen molar-refractivity contribution in [2.45, 2.75) is 13.5 Å². The Morgan fingerprint density at radius 1 is 1.15 bits per heavy atom. The molecule has 0 aliphatic carbocycles. The number of fused-ring (bicyclic) bond motifs is 1. The van der Waals surface area contributed by atoms with Gasteiger partial charge in [-0.05, 0) is 18.7 Å². The van der Waals surface area contributed by atoms with Gasteiger partial charge >= 0.3 is 0 Å². The van der Waals surface area contributed by atoms with Gasteiger partial charge in [-0.15, -0.1) is 0 Å². The van der Waals surface area contributed by atoms with Crippen LogP contribution in [0, 0.1) is 0 Å². The smallest absolute Gasteiger partial charge is 0.0726 e. The predicted octanol–water partition coefficient (Wildman–Crippen LogP) is 1.84. The van der Waals surface area contributed by atoms with E-state index < -0.39 is 0 Å². The molecule has 1 aliphatic heterocycles. The van der Waals surface area contributed by atoms with E-state index in [0.29, 0.717) is 6.54 Å². The molecule has 106 valence electrons. The first-order chi connectivity index (χ1) is 9.81. The third-order valence-electron chi connectivity index (χ3n) is 4.12. The first-order valence-electron chi connectivity index (χ1n) is 7.38. The highest BCUT2D eigenvalue weighted by Crippen LogP contribution is 2.27. The topological polar surface area (TPSA) is 45.4 Å². The standard InChI is InChI=1S/C16H22N4/c1-2-19-7-9-20(10-8-19)16-11-13(12-17)18-15-6-4-3-5-14(15)16/h3-6,11H,2,7-10,12,17H2,1H3. The highest BCUT2D eigenvalue weighted by Gasteiger charge is 2.18. The van der Waals surface area contributed by atoms with Crippen LogP contribution in [-0.4, -0.2) is 42.6 Å². The third kappa shape index (κ3) is 2.49. The van der Waals surface area contributed by atoms with Crippen LogP contribution < -0.4 is 10.6 Å². The van der Waals surface area contributed by atoms with Crippen molar-refractivity contribution in [1.29, 1.82) is 0 Å². The van der Waals surface area contributed by atoms with Gasteiger partial charge in [0.2, 0.25) is 0 Å². The maximum Gasteiger partial charge on any atom is 0.0726 e. The average Bonchev–Trinajstić information content (AvgIpc) is 2.54. The van der Waals surface area contributed by atoms with Crippen LogP contribution in [-0.2, 0) is 6.54 Å². The number of pyridine rings is 1. The molecule has 0 bridgehead atoms. The zero-order valence-electron chi connectivity index (χ0n) is 12.0. The molecular formula is C16H22N4. The van der Waals surface area contributed by atoms with Crippen molar-refractivity contribution in [1.82, 2.24) is 9.88 Å². The Kier molecular flexibility index (Phi) is 3.85. The highest BCUT2D eigenvalue weighted by molar-refractivity contribution is 5.92. The fourth-order valence-electron chi connectivity index (χ4n) is 2.88. The van der Waals surface area contributed by atoms with Gasteiger partial charge in [0.25, 0.3) is 0 Å². The Balaban J connectivity index is 1.98. The minimum absolute atomic E-state index is 0.493. The summed E-state index contributed by atoms with van der Waals surface area (Å²) in [4.78, 5) is 9.58. The summed E-state index contributed by atoms with van der Waals surface area (Å²) in [5.74, 6) is 0. The van der Waals surface area contributed by atoms with Crippen LogP contribution in [0.5, 0.6) is 0 Å². The van der Waals surface area contributed by atoms with Crippen LogP contribution >= 0.6 is 0 Å². The van der Waals surface area contributed by atoms with Crippen LogP contribution in [0.25, 0.3) is 10.9 Å². The normalized spacial score (nSPS) is 16.8. The number of anilines is 1. The van der Waals surface area contributed by atoms with Crippen molar-refractivity contribution in [3.05, 3.63) is 36.0 Å². The number of likely N-dealkylation sites (N-methyl/N-ethyl adjacent to an activating group) is 1. The lowest BCUT2D eigenvalue weighted by Gasteiger charge is -2.36. The fraction of sp³-hybridized carbons (Fsp3) is 0.438. The third-order valence-corrected chi connectivity index (χ3v) is 4.12. The summed E-state index contributed by atoms with van der Waals surface area (Å²) in [6.07, 6.45) is 0. The molecule has 0 atom stereocenters. The monoisotopic (exact) mass is 270 g/mol. The fourth-order valence-corrected chi connectivity index (χ4v) is 2.88. The van der Waals surface area contributed by atoms with E-state index in [9.17, 15) is 0 Å². The number of para-hydroxylation sites is 1. The number of piperazine rings is 1. The molecule has 0 spiro atoms. The minimum atomic E-state index is 0.493. The number of nitrogens with two attached hydrogens (primary N) is 1. The molecule has 0 radical (unpaired) electrons. The van der Waals surface area contributed by atoms with Gasteiger partial charge in [0.15, 0.2) is 0 Å². The summed E-state index contributed by atoms with van der Waals surface area (Å²) in [7, 11) is 0. The SMILES string of the molecule is CCN1CCN(c2cc(CN)nc3ccccc23)CC1. The lowest BCUT2D eigenvalue weighted by molar-refractivity contribution is 0.271. The van der Waals surface area contributed by atoms with E-state index in [0.717, 1.165) is 43.9 Å². The maximum absolute atomic E-state index is 5.79. The molecule has 1 saturated heterocycles. The summed E-state index contributed by atoms with van der Waals surface area (Å²) in [5.41, 5.74) is 9.09. The van der Waals surface area contributed by atoms with Crippen molar-refractivity contribution < 1.29 is 0 Å². The quantitative estimate of drug-likeness (QED) is 0.924. The van der Waals surface area contributed by atoms with Gasteiger partial charge in [-0.25, -0.2) is 0 Å². The van der Waals surface area contributed by atoms with Gasteiger partial charge in [-0.2, -0.15) is 0 Å². The van der Waals surface area contributed by atoms with Crippen LogP contribution in [0.4, 0.5) is 5.69 Å². The Bertz CT molecular complexity index is 588. The molecule has 1 aromatic carbocycles. The second kappa shape index (κ2) is 5.77. The van der Waals surface area contributed by atoms with E-state index in [4.69, 9.17) is 5.73 Å². The van der Waals surface area contributed by atoms with Gasteiger partial charge in [-0.3, -0.25) is 4.98 Å². The molecule has 4 nitrogen and oxygen atoms in total. The van der Waals surface area contributed by atoms with Crippen LogP contribution in [0.15, 0.2) is 30.3 Å². The van der Waals surface area contributed by atoms with Crippen molar-refractivity contribution in [3.8, 4) is 0 Å². The van der Waals surface area contributed by atoms with E-state index in [1.165, 1.54) is 11.1 Å².